The predicted molar refractivity (Wildman–Crippen MR) is 89.0 cm³/mol. The molecule has 0 radical (unpaired) electrons. The zero-order chi connectivity index (χ0) is 14.6. The molecule has 112 valence electrons. The molecule has 4 nitrogen and oxygen atoms in total. The molecule has 1 aromatic carbocycles. The zero-order valence-electron chi connectivity index (χ0n) is 11.6. The molecular formula is C14H20INO3S. The summed E-state index contributed by atoms with van der Waals surface area (Å²) in [6.45, 7) is 1.52. The van der Waals surface area contributed by atoms with Crippen molar-refractivity contribution >= 4 is 32.4 Å². The molecule has 1 aromatic rings. The Kier molecular flexibility index (Phi) is 5.68. The first-order chi connectivity index (χ1) is 9.46. The molecule has 1 atom stereocenters. The molecule has 6 heteroatoms. The van der Waals surface area contributed by atoms with E-state index in [2.05, 4.69) is 27.5 Å². The number of nitrogens with zero attached hydrogens (tertiary/aromatic N) is 1. The fourth-order valence-corrected chi connectivity index (χ4v) is 4.69. The summed E-state index contributed by atoms with van der Waals surface area (Å²) in [5.41, 5.74) is 0. The van der Waals surface area contributed by atoms with E-state index in [9.17, 15) is 8.42 Å². The quantitative estimate of drug-likeness (QED) is 0.534. The van der Waals surface area contributed by atoms with Crippen molar-refractivity contribution in [1.82, 2.24) is 4.90 Å². The Hall–Kier alpha value is -0.340. The Bertz CT molecular complexity index is 547. The van der Waals surface area contributed by atoms with Gasteiger partial charge in [0.1, 0.15) is 5.75 Å². The van der Waals surface area contributed by atoms with Crippen LogP contribution in [0.5, 0.6) is 5.75 Å². The Balaban J connectivity index is 1.68. The molecule has 0 aromatic heterocycles. The lowest BCUT2D eigenvalue weighted by molar-refractivity contribution is 0.227. The highest BCUT2D eigenvalue weighted by Gasteiger charge is 2.30. The lowest BCUT2D eigenvalue weighted by Gasteiger charge is -2.22. The van der Waals surface area contributed by atoms with Gasteiger partial charge in [0.05, 0.1) is 18.1 Å². The van der Waals surface area contributed by atoms with Crippen LogP contribution in [0.25, 0.3) is 0 Å². The zero-order valence-corrected chi connectivity index (χ0v) is 14.6. The van der Waals surface area contributed by atoms with Gasteiger partial charge in [-0.2, -0.15) is 0 Å². The molecule has 0 amide bonds. The van der Waals surface area contributed by atoms with E-state index in [1.54, 1.807) is 0 Å². The molecule has 0 spiro atoms. The number of hydrogen-bond donors (Lipinski definition) is 0. The van der Waals surface area contributed by atoms with E-state index in [1.165, 1.54) is 0 Å². The molecule has 0 bridgehead atoms. The van der Waals surface area contributed by atoms with Crippen LogP contribution in [0.15, 0.2) is 24.3 Å². The van der Waals surface area contributed by atoms with Crippen LogP contribution >= 0.6 is 22.6 Å². The van der Waals surface area contributed by atoms with Gasteiger partial charge in [-0.05, 0) is 60.7 Å². The number of ether oxygens (including phenoxy) is 1. The Morgan fingerprint density at radius 2 is 2.25 bits per heavy atom. The van der Waals surface area contributed by atoms with Gasteiger partial charge < -0.3 is 9.64 Å². The van der Waals surface area contributed by atoms with Crippen molar-refractivity contribution < 1.29 is 13.2 Å². The first kappa shape index (κ1) is 16.0. The van der Waals surface area contributed by atoms with Gasteiger partial charge in [0.15, 0.2) is 9.84 Å². The lowest BCUT2D eigenvalue weighted by Crippen LogP contribution is -2.34. The lowest BCUT2D eigenvalue weighted by atomic mass is 10.2. The standard InChI is InChI=1S/C14H20INO3S/c1-16(13-6-9-20(17,18)11-13)7-3-8-19-14-5-2-4-12(15)10-14/h2,4-5,10,13H,3,6-9,11H2,1H3/t13-/m0/s1. The van der Waals surface area contributed by atoms with Crippen molar-refractivity contribution in [2.75, 3.05) is 31.7 Å². The second-order valence-corrected chi connectivity index (χ2v) is 8.67. The molecule has 2 rings (SSSR count). The molecule has 1 fully saturated rings. The SMILES string of the molecule is CN(CCCOc1cccc(I)c1)[C@H]1CCS(=O)(=O)C1. The third-order valence-corrected chi connectivity index (χ3v) is 5.97. The first-order valence-corrected chi connectivity index (χ1v) is 9.65. The van der Waals surface area contributed by atoms with E-state index in [4.69, 9.17) is 4.74 Å². The van der Waals surface area contributed by atoms with E-state index in [1.807, 2.05) is 31.3 Å². The van der Waals surface area contributed by atoms with Gasteiger partial charge >= 0.3 is 0 Å². The number of benzene rings is 1. The van der Waals surface area contributed by atoms with Gasteiger partial charge in [-0.15, -0.1) is 0 Å². The number of rotatable bonds is 6. The molecule has 0 aliphatic carbocycles. The first-order valence-electron chi connectivity index (χ1n) is 6.75. The Morgan fingerprint density at radius 3 is 2.90 bits per heavy atom. The van der Waals surface area contributed by atoms with Crippen molar-refractivity contribution in [1.29, 1.82) is 0 Å². The summed E-state index contributed by atoms with van der Waals surface area (Å²) in [4.78, 5) is 2.14. The molecule has 20 heavy (non-hydrogen) atoms. The van der Waals surface area contributed by atoms with Crippen molar-refractivity contribution in [3.8, 4) is 5.75 Å². The van der Waals surface area contributed by atoms with Crippen molar-refractivity contribution in [3.05, 3.63) is 27.8 Å². The van der Waals surface area contributed by atoms with E-state index < -0.39 is 9.84 Å². The van der Waals surface area contributed by atoms with E-state index in [0.29, 0.717) is 18.1 Å². The van der Waals surface area contributed by atoms with Gasteiger partial charge in [0.2, 0.25) is 0 Å². The molecule has 1 aliphatic rings. The van der Waals surface area contributed by atoms with Gasteiger partial charge in [-0.1, -0.05) is 6.07 Å². The maximum absolute atomic E-state index is 11.4. The third kappa shape index (κ3) is 4.89. The van der Waals surface area contributed by atoms with Gasteiger partial charge in [0.25, 0.3) is 0 Å². The smallest absolute Gasteiger partial charge is 0.151 e. The highest BCUT2D eigenvalue weighted by Crippen LogP contribution is 2.17. The number of hydrogen-bond acceptors (Lipinski definition) is 4. The molecule has 0 saturated carbocycles. The summed E-state index contributed by atoms with van der Waals surface area (Å²) < 4.78 is 29.7. The normalized spacial score (nSPS) is 21.2. The largest absolute Gasteiger partial charge is 0.494 e. The summed E-state index contributed by atoms with van der Waals surface area (Å²) in [7, 11) is -0.796. The summed E-state index contributed by atoms with van der Waals surface area (Å²) in [6.07, 6.45) is 1.66. The monoisotopic (exact) mass is 409 g/mol. The second kappa shape index (κ2) is 7.09. The fourth-order valence-electron chi connectivity index (χ4n) is 2.37. The highest BCUT2D eigenvalue weighted by atomic mass is 127. The van der Waals surface area contributed by atoms with Gasteiger partial charge in [-0.25, -0.2) is 8.42 Å². The predicted octanol–water partition coefficient (Wildman–Crippen LogP) is 2.18. The fraction of sp³-hybridized carbons (Fsp3) is 0.571. The maximum atomic E-state index is 11.4. The van der Waals surface area contributed by atoms with E-state index in [0.717, 1.165) is 28.7 Å². The topological polar surface area (TPSA) is 46.6 Å². The second-order valence-electron chi connectivity index (χ2n) is 5.20. The minimum absolute atomic E-state index is 0.178. The average Bonchev–Trinajstić information content (AvgIpc) is 2.75. The summed E-state index contributed by atoms with van der Waals surface area (Å²) in [5, 5.41) is 0. The Labute approximate surface area is 134 Å². The molecular weight excluding hydrogens is 389 g/mol. The van der Waals surface area contributed by atoms with E-state index in [-0.39, 0.29) is 6.04 Å². The van der Waals surface area contributed by atoms with Crippen LogP contribution in [0.2, 0.25) is 0 Å². The third-order valence-electron chi connectivity index (χ3n) is 3.55. The van der Waals surface area contributed by atoms with Crippen LogP contribution in [0.4, 0.5) is 0 Å². The van der Waals surface area contributed by atoms with Crippen LogP contribution in [0.3, 0.4) is 0 Å². The Morgan fingerprint density at radius 1 is 1.45 bits per heavy atom. The minimum Gasteiger partial charge on any atom is -0.494 e. The van der Waals surface area contributed by atoms with Gasteiger partial charge in [0, 0.05) is 16.2 Å². The molecule has 0 N–H and O–H groups in total. The summed E-state index contributed by atoms with van der Waals surface area (Å²) in [5.74, 6) is 1.53. The minimum atomic E-state index is -2.79. The molecule has 1 heterocycles. The van der Waals surface area contributed by atoms with Crippen LogP contribution in [-0.4, -0.2) is 51.1 Å². The van der Waals surface area contributed by atoms with Crippen molar-refractivity contribution in [3.63, 3.8) is 0 Å². The van der Waals surface area contributed by atoms with Crippen molar-refractivity contribution in [2.45, 2.75) is 18.9 Å². The van der Waals surface area contributed by atoms with Crippen LogP contribution in [-0.2, 0) is 9.84 Å². The summed E-state index contributed by atoms with van der Waals surface area (Å²) >= 11 is 2.26. The number of sulfone groups is 1. The van der Waals surface area contributed by atoms with Crippen LogP contribution in [0.1, 0.15) is 12.8 Å². The van der Waals surface area contributed by atoms with Gasteiger partial charge in [-0.3, -0.25) is 0 Å². The molecule has 1 aliphatic heterocycles. The summed E-state index contributed by atoms with van der Waals surface area (Å²) in [6, 6.07) is 8.15. The number of halogens is 1. The molecule has 1 saturated heterocycles. The highest BCUT2D eigenvalue weighted by molar-refractivity contribution is 14.1. The van der Waals surface area contributed by atoms with Crippen LogP contribution < -0.4 is 4.74 Å². The van der Waals surface area contributed by atoms with Crippen molar-refractivity contribution in [2.24, 2.45) is 0 Å². The van der Waals surface area contributed by atoms with Crippen LogP contribution in [0, 0.1) is 3.57 Å². The maximum Gasteiger partial charge on any atom is 0.151 e. The molecule has 0 unspecified atom stereocenters. The average molecular weight is 409 g/mol. The van der Waals surface area contributed by atoms with E-state index >= 15 is 0 Å².